The minimum atomic E-state index is -4.63. The molecular weight excluding hydrogens is 523 g/mol. The number of anilines is 1. The predicted molar refractivity (Wildman–Crippen MR) is 145 cm³/mol. The molecule has 1 unspecified atom stereocenters. The van der Waals surface area contributed by atoms with Crippen molar-refractivity contribution >= 4 is 22.6 Å². The lowest BCUT2D eigenvalue weighted by atomic mass is 9.97. The molecule has 5 rings (SSSR count). The smallest absolute Gasteiger partial charge is 0.416 e. The molecule has 2 heterocycles. The molecule has 1 aliphatic rings. The summed E-state index contributed by atoms with van der Waals surface area (Å²) >= 11 is 0. The Morgan fingerprint density at radius 1 is 1.00 bits per heavy atom. The Morgan fingerprint density at radius 3 is 2.48 bits per heavy atom. The van der Waals surface area contributed by atoms with Gasteiger partial charge < -0.3 is 13.9 Å². The molecule has 0 radical (unpaired) electrons. The van der Waals surface area contributed by atoms with Crippen molar-refractivity contribution in [2.24, 2.45) is 5.92 Å². The van der Waals surface area contributed by atoms with E-state index in [9.17, 15) is 22.8 Å². The molecule has 0 bridgehead atoms. The van der Waals surface area contributed by atoms with Crippen LogP contribution in [0.3, 0.4) is 0 Å². The van der Waals surface area contributed by atoms with Crippen LogP contribution in [0.4, 0.5) is 18.9 Å². The van der Waals surface area contributed by atoms with E-state index in [1.807, 2.05) is 6.92 Å². The van der Waals surface area contributed by atoms with Crippen molar-refractivity contribution in [3.63, 3.8) is 0 Å². The number of methoxy groups -OCH3 is 1. The summed E-state index contributed by atoms with van der Waals surface area (Å²) < 4.78 is 58.3. The molecular formula is C31H28F3NO5. The molecule has 1 aliphatic heterocycles. The normalized spacial score (nSPS) is 15.2. The van der Waals surface area contributed by atoms with Gasteiger partial charge in [0, 0.05) is 5.69 Å². The summed E-state index contributed by atoms with van der Waals surface area (Å²) in [7, 11) is 1.47. The first-order chi connectivity index (χ1) is 19.0. The van der Waals surface area contributed by atoms with Crippen LogP contribution in [0.2, 0.25) is 0 Å². The summed E-state index contributed by atoms with van der Waals surface area (Å²) in [4.78, 5) is 28.8. The Morgan fingerprint density at radius 2 is 1.77 bits per heavy atom. The van der Waals surface area contributed by atoms with Crippen LogP contribution in [-0.2, 0) is 6.18 Å². The van der Waals surface area contributed by atoms with Crippen LogP contribution in [0, 0.1) is 12.8 Å². The van der Waals surface area contributed by atoms with Gasteiger partial charge in [-0.2, -0.15) is 13.2 Å². The molecule has 0 saturated carbocycles. The quantitative estimate of drug-likeness (QED) is 0.241. The number of alkyl halides is 3. The number of carbonyl (C=O) groups excluding carboxylic acids is 1. The van der Waals surface area contributed by atoms with Crippen LogP contribution < -0.4 is 19.8 Å². The van der Waals surface area contributed by atoms with Crippen molar-refractivity contribution in [2.45, 2.75) is 39.4 Å². The number of benzene rings is 3. The third kappa shape index (κ3) is 4.92. The molecule has 1 amide bonds. The molecule has 0 fully saturated rings. The average Bonchev–Trinajstić information content (AvgIpc) is 3.21. The number of carbonyl (C=O) groups is 1. The third-order valence-corrected chi connectivity index (χ3v) is 6.93. The van der Waals surface area contributed by atoms with Crippen LogP contribution in [0.25, 0.3) is 11.0 Å². The van der Waals surface area contributed by atoms with Gasteiger partial charge in [-0.05, 0) is 67.3 Å². The third-order valence-electron chi connectivity index (χ3n) is 6.93. The van der Waals surface area contributed by atoms with E-state index in [0.717, 1.165) is 24.1 Å². The number of halogens is 3. The lowest BCUT2D eigenvalue weighted by Crippen LogP contribution is -2.29. The van der Waals surface area contributed by atoms with Gasteiger partial charge >= 0.3 is 6.18 Å². The van der Waals surface area contributed by atoms with Crippen molar-refractivity contribution < 1.29 is 31.9 Å². The number of nitrogens with zero attached hydrogens (tertiary/aromatic N) is 1. The highest BCUT2D eigenvalue weighted by atomic mass is 19.4. The Kier molecular flexibility index (Phi) is 7.08. The van der Waals surface area contributed by atoms with Crippen molar-refractivity contribution in [3.05, 3.63) is 98.9 Å². The first-order valence-corrected chi connectivity index (χ1v) is 12.9. The molecule has 0 aliphatic carbocycles. The zero-order valence-electron chi connectivity index (χ0n) is 22.5. The van der Waals surface area contributed by atoms with E-state index >= 15 is 0 Å². The fraction of sp³-hybridized carbons (Fsp3) is 0.290. The van der Waals surface area contributed by atoms with E-state index in [2.05, 4.69) is 13.8 Å². The number of hydrogen-bond donors (Lipinski definition) is 0. The molecule has 1 aromatic heterocycles. The van der Waals surface area contributed by atoms with E-state index < -0.39 is 29.1 Å². The Bertz CT molecular complexity index is 1660. The lowest BCUT2D eigenvalue weighted by Gasteiger charge is -2.26. The second-order valence-corrected chi connectivity index (χ2v) is 10.2. The van der Waals surface area contributed by atoms with Gasteiger partial charge in [0.05, 0.1) is 36.3 Å². The summed E-state index contributed by atoms with van der Waals surface area (Å²) in [6.45, 7) is 6.45. The number of fused-ring (bicyclic) bond motifs is 2. The van der Waals surface area contributed by atoms with Gasteiger partial charge in [-0.1, -0.05) is 37.6 Å². The van der Waals surface area contributed by atoms with Gasteiger partial charge in [0.2, 0.25) is 5.76 Å². The lowest BCUT2D eigenvalue weighted by molar-refractivity contribution is -0.137. The number of ether oxygens (including phenoxy) is 2. The van der Waals surface area contributed by atoms with Crippen LogP contribution in [0.5, 0.6) is 11.5 Å². The maximum absolute atomic E-state index is 13.9. The van der Waals surface area contributed by atoms with E-state index in [1.54, 1.807) is 36.4 Å². The highest BCUT2D eigenvalue weighted by Crippen LogP contribution is 2.44. The number of hydrogen-bond acceptors (Lipinski definition) is 5. The fourth-order valence-electron chi connectivity index (χ4n) is 4.88. The zero-order chi connectivity index (χ0) is 28.8. The van der Waals surface area contributed by atoms with Crippen LogP contribution in [0.15, 0.2) is 69.9 Å². The Balaban J connectivity index is 1.71. The number of aryl methyl sites for hydroxylation is 1. The standard InChI is InChI=1S/C31H28F3NO5/c1-17(2)12-13-39-24-11-9-19(15-25(24)38-4)27-26-28(36)22-14-18(3)8-10-23(22)40-29(26)30(37)35(27)21-7-5-6-20(16-21)31(32,33)34/h5-11,14-17,27H,12-13H2,1-4H3. The van der Waals surface area contributed by atoms with Crippen LogP contribution >= 0.6 is 0 Å². The monoisotopic (exact) mass is 551 g/mol. The van der Waals surface area contributed by atoms with E-state index in [1.165, 1.54) is 24.1 Å². The van der Waals surface area contributed by atoms with Crippen LogP contribution in [0.1, 0.15) is 59.1 Å². The molecule has 208 valence electrons. The second-order valence-electron chi connectivity index (χ2n) is 10.2. The summed E-state index contributed by atoms with van der Waals surface area (Å²) in [6.07, 6.45) is -3.80. The van der Waals surface area contributed by atoms with Crippen molar-refractivity contribution in [2.75, 3.05) is 18.6 Å². The van der Waals surface area contributed by atoms with E-state index in [4.69, 9.17) is 13.9 Å². The first-order valence-electron chi connectivity index (χ1n) is 12.9. The highest BCUT2D eigenvalue weighted by Gasteiger charge is 2.44. The molecule has 6 nitrogen and oxygen atoms in total. The first kappa shape index (κ1) is 27.3. The number of rotatable bonds is 7. The minimum absolute atomic E-state index is 0.0212. The molecule has 0 N–H and O–H groups in total. The number of amides is 1. The van der Waals surface area contributed by atoms with Crippen molar-refractivity contribution in [1.82, 2.24) is 0 Å². The van der Waals surface area contributed by atoms with Gasteiger partial charge in [0.1, 0.15) is 5.58 Å². The van der Waals surface area contributed by atoms with Gasteiger partial charge in [0.15, 0.2) is 16.9 Å². The molecule has 3 aromatic carbocycles. The maximum Gasteiger partial charge on any atom is 0.416 e. The Labute approximate surface area is 228 Å². The molecule has 0 saturated heterocycles. The van der Waals surface area contributed by atoms with Crippen LogP contribution in [-0.4, -0.2) is 19.6 Å². The zero-order valence-corrected chi connectivity index (χ0v) is 22.5. The minimum Gasteiger partial charge on any atom is -0.493 e. The van der Waals surface area contributed by atoms with Crippen molar-refractivity contribution in [1.29, 1.82) is 0 Å². The topological polar surface area (TPSA) is 69.0 Å². The highest BCUT2D eigenvalue weighted by molar-refractivity contribution is 6.10. The van der Waals surface area contributed by atoms with Crippen molar-refractivity contribution in [3.8, 4) is 11.5 Å². The molecule has 0 spiro atoms. The molecule has 40 heavy (non-hydrogen) atoms. The maximum atomic E-state index is 13.9. The Hall–Kier alpha value is -4.27. The summed E-state index contributed by atoms with van der Waals surface area (Å²) in [5.74, 6) is 0.357. The average molecular weight is 552 g/mol. The van der Waals surface area contributed by atoms with Gasteiger partial charge in [0.25, 0.3) is 5.91 Å². The summed E-state index contributed by atoms with van der Waals surface area (Å²) in [5, 5.41) is 0.281. The van der Waals surface area contributed by atoms with E-state index in [0.29, 0.717) is 29.6 Å². The molecule has 1 atom stereocenters. The molecule has 4 aromatic rings. The summed E-state index contributed by atoms with van der Waals surface area (Å²) in [6, 6.07) is 13.4. The van der Waals surface area contributed by atoms with Gasteiger partial charge in [-0.15, -0.1) is 0 Å². The van der Waals surface area contributed by atoms with Gasteiger partial charge in [-0.25, -0.2) is 0 Å². The predicted octanol–water partition coefficient (Wildman–Crippen LogP) is 7.30. The molecule has 9 heteroatoms. The second kappa shape index (κ2) is 10.4. The van der Waals surface area contributed by atoms with Gasteiger partial charge in [-0.3, -0.25) is 14.5 Å². The fourth-order valence-corrected chi connectivity index (χ4v) is 4.88. The SMILES string of the molecule is COc1cc(C2c3c(oc4ccc(C)cc4c3=O)C(=O)N2c2cccc(C(F)(F)F)c2)ccc1OCCC(C)C. The van der Waals surface area contributed by atoms with E-state index in [-0.39, 0.29) is 28.0 Å². The summed E-state index contributed by atoms with van der Waals surface area (Å²) in [5.41, 5.74) is 0.182. The largest absolute Gasteiger partial charge is 0.493 e.